The number of piperidine rings is 1. The summed E-state index contributed by atoms with van der Waals surface area (Å²) in [6, 6.07) is 14.1. The molecule has 4 aliphatic heterocycles. The fraction of sp³-hybridized carbons (Fsp3) is 0.371. The summed E-state index contributed by atoms with van der Waals surface area (Å²) in [7, 11) is 6.05. The van der Waals surface area contributed by atoms with Gasteiger partial charge in [-0.2, -0.15) is 0 Å². The van der Waals surface area contributed by atoms with Crippen molar-refractivity contribution in [2.45, 2.75) is 25.0 Å². The molecule has 2 saturated heterocycles. The van der Waals surface area contributed by atoms with Gasteiger partial charge in [-0.05, 0) is 49.1 Å². The molecule has 10 heteroatoms. The van der Waals surface area contributed by atoms with Crippen molar-refractivity contribution < 1.29 is 23.6 Å². The lowest BCUT2D eigenvalue weighted by molar-refractivity contribution is -0.541. The Morgan fingerprint density at radius 2 is 1.82 bits per heavy atom. The number of likely N-dealkylation sites (tertiary alicyclic amines) is 2. The van der Waals surface area contributed by atoms with E-state index >= 15 is 0 Å². The van der Waals surface area contributed by atoms with Crippen molar-refractivity contribution in [2.24, 2.45) is 18.7 Å². The van der Waals surface area contributed by atoms with E-state index in [2.05, 4.69) is 32.8 Å². The average molecular weight is 608 g/mol. The zero-order chi connectivity index (χ0) is 31.2. The first-order chi connectivity index (χ1) is 21.8. The second-order valence-electron chi connectivity index (χ2n) is 12.1. The van der Waals surface area contributed by atoms with E-state index in [1.165, 1.54) is 6.08 Å². The number of carbonyl (C=O) groups excluding carboxylic acids is 1. The van der Waals surface area contributed by atoms with Gasteiger partial charge in [0, 0.05) is 56.3 Å². The van der Waals surface area contributed by atoms with E-state index in [9.17, 15) is 4.79 Å². The Hall–Kier alpha value is -4.72. The van der Waals surface area contributed by atoms with Crippen LogP contribution >= 0.6 is 0 Å². The van der Waals surface area contributed by atoms with E-state index in [1.54, 1.807) is 0 Å². The summed E-state index contributed by atoms with van der Waals surface area (Å²) in [4.78, 5) is 18.5. The Labute approximate surface area is 263 Å². The summed E-state index contributed by atoms with van der Waals surface area (Å²) in [6.07, 6.45) is 5.02. The second-order valence-corrected chi connectivity index (χ2v) is 12.1. The highest BCUT2D eigenvalue weighted by molar-refractivity contribution is 5.90. The second kappa shape index (κ2) is 11.7. The number of hydrogen-bond donors (Lipinski definition) is 1. The van der Waals surface area contributed by atoms with Gasteiger partial charge in [0.15, 0.2) is 17.7 Å². The van der Waals surface area contributed by atoms with Crippen molar-refractivity contribution in [3.63, 3.8) is 0 Å². The predicted molar refractivity (Wildman–Crippen MR) is 173 cm³/mol. The summed E-state index contributed by atoms with van der Waals surface area (Å²) in [6.45, 7) is 7.15. The number of anilines is 1. The van der Waals surface area contributed by atoms with Crippen molar-refractivity contribution in [2.75, 3.05) is 52.0 Å². The van der Waals surface area contributed by atoms with Crippen molar-refractivity contribution >= 4 is 18.1 Å². The number of fused-ring (bicyclic) bond motifs is 2. The summed E-state index contributed by atoms with van der Waals surface area (Å²) in [5, 5.41) is 0. The highest BCUT2D eigenvalue weighted by Crippen LogP contribution is 2.52. The summed E-state index contributed by atoms with van der Waals surface area (Å²) in [5.41, 5.74) is 10.5. The van der Waals surface area contributed by atoms with Crippen LogP contribution in [0.15, 0.2) is 55.1 Å². The molecule has 1 aromatic heterocycles. The molecule has 0 bridgehead atoms. The number of rotatable bonds is 5. The van der Waals surface area contributed by atoms with Gasteiger partial charge in [0.1, 0.15) is 11.4 Å². The number of benzene rings is 2. The molecule has 3 aromatic rings. The van der Waals surface area contributed by atoms with Crippen molar-refractivity contribution in [1.82, 2.24) is 14.4 Å². The zero-order valence-corrected chi connectivity index (χ0v) is 26.0. The maximum absolute atomic E-state index is 12.0. The smallest absolute Gasteiger partial charge is 0.245 e. The molecule has 0 spiro atoms. The fourth-order valence-corrected chi connectivity index (χ4v) is 6.94. The molecule has 0 saturated carbocycles. The molecule has 232 valence electrons. The Bertz CT molecular complexity index is 1740. The molecular formula is C35H39N6O4+. The van der Waals surface area contributed by atoms with Crippen LogP contribution in [0.25, 0.3) is 11.1 Å². The van der Waals surface area contributed by atoms with Crippen LogP contribution in [-0.2, 0) is 11.8 Å². The van der Waals surface area contributed by atoms with E-state index in [0.29, 0.717) is 23.3 Å². The van der Waals surface area contributed by atoms with Crippen LogP contribution in [0.1, 0.15) is 30.3 Å². The number of hydrogen-bond acceptors (Lipinski definition) is 7. The number of nitrogens with zero attached hydrogens (tertiary/aromatic N) is 5. The lowest BCUT2D eigenvalue weighted by Gasteiger charge is -2.45. The van der Waals surface area contributed by atoms with E-state index in [1.807, 2.05) is 79.4 Å². The number of amides is 1. The quantitative estimate of drug-likeness (QED) is 0.269. The third kappa shape index (κ3) is 5.12. The van der Waals surface area contributed by atoms with E-state index in [4.69, 9.17) is 19.9 Å². The lowest BCUT2D eigenvalue weighted by Crippen LogP contribution is -2.55. The minimum absolute atomic E-state index is 0.0250. The van der Waals surface area contributed by atoms with Crippen LogP contribution in [0.4, 0.5) is 5.82 Å². The largest absolute Gasteiger partial charge is 0.453 e. The minimum atomic E-state index is -0.371. The molecule has 2 fully saturated rings. The van der Waals surface area contributed by atoms with Gasteiger partial charge >= 0.3 is 0 Å². The molecule has 0 aliphatic carbocycles. The molecule has 2 aromatic carbocycles. The molecule has 1 atom stereocenters. The molecule has 5 heterocycles. The van der Waals surface area contributed by atoms with Crippen LogP contribution in [0.3, 0.4) is 0 Å². The van der Waals surface area contributed by atoms with Crippen LogP contribution in [0.5, 0.6) is 23.0 Å². The molecule has 1 amide bonds. The molecule has 10 nitrogen and oxygen atoms in total. The number of nitrogens with two attached hydrogens (primary N) is 1. The number of para-hydroxylation sites is 1. The van der Waals surface area contributed by atoms with E-state index < -0.39 is 0 Å². The van der Waals surface area contributed by atoms with Gasteiger partial charge in [0.05, 0.1) is 19.7 Å². The third-order valence-electron chi connectivity index (χ3n) is 9.32. The SMILES string of the molecule is C=CC(=O)N1CCC(N2CC(C#Cc3c(-c4ccc(Oc5ccccc5)c5c4OCO5)c4c(n3C)N(C)C=[N+](C)C4N)C2)CC1. The maximum Gasteiger partial charge on any atom is 0.245 e. The average Bonchev–Trinajstić information content (AvgIpc) is 3.64. The van der Waals surface area contributed by atoms with Gasteiger partial charge in [-0.25, -0.2) is 4.90 Å². The Balaban J connectivity index is 1.20. The van der Waals surface area contributed by atoms with Gasteiger partial charge in [-0.15, -0.1) is 0 Å². The van der Waals surface area contributed by atoms with Crippen LogP contribution in [0.2, 0.25) is 0 Å². The fourth-order valence-electron chi connectivity index (χ4n) is 6.94. The molecular weight excluding hydrogens is 568 g/mol. The first kappa shape index (κ1) is 29.0. The van der Waals surface area contributed by atoms with E-state index in [-0.39, 0.29) is 24.8 Å². The molecule has 4 aliphatic rings. The van der Waals surface area contributed by atoms with Crippen molar-refractivity contribution in [3.05, 3.63) is 66.4 Å². The molecule has 7 rings (SSSR count). The first-order valence-corrected chi connectivity index (χ1v) is 15.4. The van der Waals surface area contributed by atoms with Crippen LogP contribution < -0.4 is 24.8 Å². The normalized spacial score (nSPS) is 19.7. The minimum Gasteiger partial charge on any atom is -0.453 e. The van der Waals surface area contributed by atoms with Crippen LogP contribution in [0, 0.1) is 17.8 Å². The van der Waals surface area contributed by atoms with Gasteiger partial charge in [0.2, 0.25) is 30.6 Å². The van der Waals surface area contributed by atoms with Gasteiger partial charge in [-0.1, -0.05) is 30.7 Å². The van der Waals surface area contributed by atoms with Gasteiger partial charge in [-0.3, -0.25) is 20.0 Å². The molecule has 0 radical (unpaired) electrons. The Morgan fingerprint density at radius 1 is 1.09 bits per heavy atom. The number of ether oxygens (including phenoxy) is 3. The highest BCUT2D eigenvalue weighted by atomic mass is 16.7. The van der Waals surface area contributed by atoms with Crippen molar-refractivity contribution in [1.29, 1.82) is 0 Å². The third-order valence-corrected chi connectivity index (χ3v) is 9.32. The number of carbonyl (C=O) groups is 1. The van der Waals surface area contributed by atoms with Crippen LogP contribution in [-0.4, -0.2) is 84.3 Å². The predicted octanol–water partition coefficient (Wildman–Crippen LogP) is 3.75. The monoisotopic (exact) mass is 607 g/mol. The van der Waals surface area contributed by atoms with Gasteiger partial charge < -0.3 is 23.7 Å². The topological polar surface area (TPSA) is 88.4 Å². The van der Waals surface area contributed by atoms with Gasteiger partial charge in [0.25, 0.3) is 0 Å². The zero-order valence-electron chi connectivity index (χ0n) is 26.0. The van der Waals surface area contributed by atoms with Crippen molar-refractivity contribution in [3.8, 4) is 46.0 Å². The molecule has 1 unspecified atom stereocenters. The summed E-state index contributed by atoms with van der Waals surface area (Å²) < 4.78 is 22.4. The summed E-state index contributed by atoms with van der Waals surface area (Å²) >= 11 is 0. The standard InChI is InChI=1S/C35H39N6O4/c1-5-29(42)40-17-15-24(16-18-40)41-19-23(20-41)11-13-27-30(31-34(36)37(2)21-38(3)35(31)39(27)4)26-12-14-28(33-32(26)43-22-44-33)45-25-9-7-6-8-10-25/h5-10,12,14,21,23-24,34H,1,15-20,22,36H2,2-4H3/q+1. The highest BCUT2D eigenvalue weighted by Gasteiger charge is 2.39. The Kier molecular flexibility index (Phi) is 7.51. The molecule has 45 heavy (non-hydrogen) atoms. The lowest BCUT2D eigenvalue weighted by atomic mass is 9.93. The maximum atomic E-state index is 12.0. The first-order valence-electron chi connectivity index (χ1n) is 15.4. The Morgan fingerprint density at radius 3 is 2.56 bits per heavy atom. The van der Waals surface area contributed by atoms with E-state index in [0.717, 1.165) is 73.0 Å². The number of aromatic nitrogens is 1. The summed E-state index contributed by atoms with van der Waals surface area (Å²) in [5.74, 6) is 11.0. The molecule has 2 N–H and O–H groups in total.